The zero-order valence-corrected chi connectivity index (χ0v) is 21.2. The van der Waals surface area contributed by atoms with E-state index in [1.165, 1.54) is 0 Å². The number of ether oxygens (including phenoxy) is 1. The number of nitrogens with one attached hydrogen (secondary N) is 1. The number of rotatable bonds is 10. The van der Waals surface area contributed by atoms with Crippen LogP contribution >= 0.6 is 24.0 Å². The summed E-state index contributed by atoms with van der Waals surface area (Å²) in [6.45, 7) is 6.92. The molecule has 0 radical (unpaired) electrons. The highest BCUT2D eigenvalue weighted by molar-refractivity contribution is 14.0. The third kappa shape index (κ3) is 8.67. The van der Waals surface area contributed by atoms with Gasteiger partial charge in [-0.15, -0.1) is 24.0 Å². The van der Waals surface area contributed by atoms with Gasteiger partial charge in [0.25, 0.3) is 0 Å². The lowest BCUT2D eigenvalue weighted by Crippen LogP contribution is -2.43. The molecule has 2 rings (SSSR count). The lowest BCUT2D eigenvalue weighted by molar-refractivity contribution is -0.133. The minimum absolute atomic E-state index is 0. The van der Waals surface area contributed by atoms with E-state index in [0.717, 1.165) is 63.7 Å². The second kappa shape index (κ2) is 14.5. The number of nitrogens with zero attached hydrogens (tertiary/aromatic N) is 4. The molecule has 1 aromatic rings. The largest absolute Gasteiger partial charge is 0.492 e. The highest BCUT2D eigenvalue weighted by Gasteiger charge is 2.30. The van der Waals surface area contributed by atoms with Crippen molar-refractivity contribution >= 4 is 35.8 Å². The summed E-state index contributed by atoms with van der Waals surface area (Å²) in [5.41, 5.74) is 0. The zero-order valence-electron chi connectivity index (χ0n) is 18.8. The molecule has 1 atom stereocenters. The van der Waals surface area contributed by atoms with Gasteiger partial charge in [-0.3, -0.25) is 14.7 Å². The highest BCUT2D eigenvalue weighted by Crippen LogP contribution is 2.18. The maximum absolute atomic E-state index is 12.3. The standard InChI is InChI=1S/C22H37N5O2.HI/c1-5-23-22(26(4)17-18-29-19-11-7-6-8-12-19)24-14-10-16-27-15-9-13-20(27)21(28)25(2)3;/h6-8,11-12,20H,5,9-10,13-18H2,1-4H3,(H,23,24);1H. The number of likely N-dealkylation sites (tertiary alicyclic amines) is 1. The van der Waals surface area contributed by atoms with Gasteiger partial charge in [0.1, 0.15) is 12.4 Å². The van der Waals surface area contributed by atoms with Gasteiger partial charge in [0, 0.05) is 40.8 Å². The summed E-state index contributed by atoms with van der Waals surface area (Å²) in [5.74, 6) is 2.00. The van der Waals surface area contributed by atoms with Crippen molar-refractivity contribution in [3.05, 3.63) is 30.3 Å². The summed E-state index contributed by atoms with van der Waals surface area (Å²) in [7, 11) is 5.70. The molecule has 1 N–H and O–H groups in total. The zero-order chi connectivity index (χ0) is 21.1. The van der Waals surface area contributed by atoms with Crippen molar-refractivity contribution in [1.82, 2.24) is 20.0 Å². The summed E-state index contributed by atoms with van der Waals surface area (Å²) < 4.78 is 5.78. The summed E-state index contributed by atoms with van der Waals surface area (Å²) in [5, 5.41) is 3.35. The van der Waals surface area contributed by atoms with E-state index in [1.54, 1.807) is 4.90 Å². The number of halogens is 1. The number of amides is 1. The van der Waals surface area contributed by atoms with Crippen molar-refractivity contribution in [3.63, 3.8) is 0 Å². The van der Waals surface area contributed by atoms with Crippen LogP contribution in [-0.4, -0.2) is 93.1 Å². The van der Waals surface area contributed by atoms with Crippen LogP contribution in [0.5, 0.6) is 5.75 Å². The lowest BCUT2D eigenvalue weighted by atomic mass is 10.2. The van der Waals surface area contributed by atoms with Crippen LogP contribution in [-0.2, 0) is 4.79 Å². The maximum atomic E-state index is 12.3. The highest BCUT2D eigenvalue weighted by atomic mass is 127. The average Bonchev–Trinajstić information content (AvgIpc) is 3.18. The smallest absolute Gasteiger partial charge is 0.239 e. The van der Waals surface area contributed by atoms with Gasteiger partial charge in [0.05, 0.1) is 12.6 Å². The second-order valence-corrected chi connectivity index (χ2v) is 7.60. The van der Waals surface area contributed by atoms with Gasteiger partial charge in [-0.2, -0.15) is 0 Å². The Morgan fingerprint density at radius 3 is 2.67 bits per heavy atom. The van der Waals surface area contributed by atoms with E-state index in [2.05, 4.69) is 22.0 Å². The lowest BCUT2D eigenvalue weighted by Gasteiger charge is -2.26. The number of benzene rings is 1. The van der Waals surface area contributed by atoms with Crippen molar-refractivity contribution in [2.45, 2.75) is 32.2 Å². The Balaban J connectivity index is 0.00000450. The molecular weight excluding hydrogens is 493 g/mol. The molecule has 1 aliphatic rings. The molecule has 0 saturated carbocycles. The predicted molar refractivity (Wildman–Crippen MR) is 134 cm³/mol. The number of likely N-dealkylation sites (N-methyl/N-ethyl adjacent to an activating group) is 2. The maximum Gasteiger partial charge on any atom is 0.239 e. The van der Waals surface area contributed by atoms with Gasteiger partial charge in [0.15, 0.2) is 5.96 Å². The Morgan fingerprint density at radius 1 is 1.27 bits per heavy atom. The number of para-hydroxylation sites is 1. The van der Waals surface area contributed by atoms with Crippen molar-refractivity contribution in [2.24, 2.45) is 4.99 Å². The summed E-state index contributed by atoms with van der Waals surface area (Å²) in [6.07, 6.45) is 3.01. The number of hydrogen-bond donors (Lipinski definition) is 1. The van der Waals surface area contributed by atoms with Gasteiger partial charge in [-0.05, 0) is 44.9 Å². The Labute approximate surface area is 198 Å². The van der Waals surface area contributed by atoms with Crippen molar-refractivity contribution in [2.75, 3.05) is 60.5 Å². The van der Waals surface area contributed by atoms with Crippen LogP contribution in [0.15, 0.2) is 35.3 Å². The fourth-order valence-corrected chi connectivity index (χ4v) is 3.52. The van der Waals surface area contributed by atoms with E-state index < -0.39 is 0 Å². The molecule has 1 aliphatic heterocycles. The fraction of sp³-hybridized carbons (Fsp3) is 0.636. The Kier molecular flexibility index (Phi) is 12.8. The molecule has 1 unspecified atom stereocenters. The van der Waals surface area contributed by atoms with Crippen LogP contribution in [0.4, 0.5) is 0 Å². The average molecular weight is 531 g/mol. The SMILES string of the molecule is CCNC(=NCCCN1CCCC1C(=O)N(C)C)N(C)CCOc1ccccc1.I. The molecule has 0 aromatic heterocycles. The first-order valence-corrected chi connectivity index (χ1v) is 10.7. The van der Waals surface area contributed by atoms with Gasteiger partial charge < -0.3 is 19.9 Å². The molecule has 1 heterocycles. The molecule has 8 heteroatoms. The number of hydrogen-bond acceptors (Lipinski definition) is 4. The molecule has 30 heavy (non-hydrogen) atoms. The Morgan fingerprint density at radius 2 is 2.00 bits per heavy atom. The molecule has 0 aliphatic carbocycles. The van der Waals surface area contributed by atoms with E-state index in [1.807, 2.05) is 51.5 Å². The molecule has 1 aromatic carbocycles. The summed E-state index contributed by atoms with van der Waals surface area (Å²) >= 11 is 0. The monoisotopic (exact) mass is 531 g/mol. The molecule has 1 saturated heterocycles. The minimum atomic E-state index is 0. The number of carbonyl (C=O) groups excluding carboxylic acids is 1. The number of aliphatic imine (C=N–C) groups is 1. The van der Waals surface area contributed by atoms with Crippen LogP contribution in [0, 0.1) is 0 Å². The third-order valence-electron chi connectivity index (χ3n) is 5.09. The normalized spacial score (nSPS) is 16.7. The van der Waals surface area contributed by atoms with Gasteiger partial charge >= 0.3 is 0 Å². The first-order chi connectivity index (χ1) is 14.0. The van der Waals surface area contributed by atoms with Crippen LogP contribution in [0.3, 0.4) is 0 Å². The van der Waals surface area contributed by atoms with Crippen LogP contribution in [0.1, 0.15) is 26.2 Å². The van der Waals surface area contributed by atoms with Crippen molar-refractivity contribution < 1.29 is 9.53 Å². The topological polar surface area (TPSA) is 60.4 Å². The first-order valence-electron chi connectivity index (χ1n) is 10.7. The predicted octanol–water partition coefficient (Wildman–Crippen LogP) is 2.52. The van der Waals surface area contributed by atoms with Crippen molar-refractivity contribution in [1.29, 1.82) is 0 Å². The van der Waals surface area contributed by atoms with E-state index in [0.29, 0.717) is 6.61 Å². The second-order valence-electron chi connectivity index (χ2n) is 7.60. The van der Waals surface area contributed by atoms with E-state index >= 15 is 0 Å². The van der Waals surface area contributed by atoms with Gasteiger partial charge in [-0.1, -0.05) is 18.2 Å². The summed E-state index contributed by atoms with van der Waals surface area (Å²) in [6, 6.07) is 9.90. The van der Waals surface area contributed by atoms with Crippen LogP contribution in [0.25, 0.3) is 0 Å². The number of carbonyl (C=O) groups is 1. The van der Waals surface area contributed by atoms with Gasteiger partial charge in [0.2, 0.25) is 5.91 Å². The van der Waals surface area contributed by atoms with Gasteiger partial charge in [-0.25, -0.2) is 0 Å². The molecule has 170 valence electrons. The summed E-state index contributed by atoms with van der Waals surface area (Å²) in [4.78, 5) is 23.2. The molecule has 0 spiro atoms. The molecule has 1 fully saturated rings. The Hall–Kier alpha value is -1.55. The van der Waals surface area contributed by atoms with Crippen LogP contribution < -0.4 is 10.1 Å². The number of guanidine groups is 1. The molecule has 1 amide bonds. The fourth-order valence-electron chi connectivity index (χ4n) is 3.52. The third-order valence-corrected chi connectivity index (χ3v) is 5.09. The van der Waals surface area contributed by atoms with Crippen molar-refractivity contribution in [3.8, 4) is 5.75 Å². The van der Waals surface area contributed by atoms with E-state index in [4.69, 9.17) is 9.73 Å². The van der Waals surface area contributed by atoms with E-state index in [9.17, 15) is 4.79 Å². The molecule has 7 nitrogen and oxygen atoms in total. The van der Waals surface area contributed by atoms with E-state index in [-0.39, 0.29) is 35.9 Å². The quantitative estimate of drug-likeness (QED) is 0.218. The molecular formula is C22H38IN5O2. The van der Waals surface area contributed by atoms with Crippen LogP contribution in [0.2, 0.25) is 0 Å². The first kappa shape index (κ1) is 26.5. The molecule has 0 bridgehead atoms. The minimum Gasteiger partial charge on any atom is -0.492 e. The Bertz CT molecular complexity index is 642.